The number of aliphatic hydroxyl groups excluding tert-OH is 3. The summed E-state index contributed by atoms with van der Waals surface area (Å²) in [7, 11) is 9.45. The van der Waals surface area contributed by atoms with Crippen molar-refractivity contribution in [2.75, 3.05) is 48.3 Å². The van der Waals surface area contributed by atoms with Crippen LogP contribution in [-0.4, -0.2) is 159 Å². The molecule has 5 rings (SSSR count). The number of ketones is 1. The molecule has 0 bridgehead atoms. The van der Waals surface area contributed by atoms with Crippen molar-refractivity contribution in [1.82, 2.24) is 34.7 Å². The summed E-state index contributed by atoms with van der Waals surface area (Å²) in [6.07, 6.45) is 3.84. The minimum atomic E-state index is -1.24. The third kappa shape index (κ3) is 13.3. The first-order chi connectivity index (χ1) is 28.9. The minimum absolute atomic E-state index is 0. The predicted octanol–water partition coefficient (Wildman–Crippen LogP) is 4.67. The number of nitrogens with zero attached hydrogens (tertiary/aromatic N) is 7. The van der Waals surface area contributed by atoms with E-state index in [1.54, 1.807) is 42.9 Å². The van der Waals surface area contributed by atoms with Crippen LogP contribution in [0, 0.1) is 23.7 Å². The van der Waals surface area contributed by atoms with E-state index in [0.717, 1.165) is 27.9 Å². The summed E-state index contributed by atoms with van der Waals surface area (Å²) < 4.78 is 20.7. The Morgan fingerprint density at radius 1 is 1.00 bits per heavy atom. The highest BCUT2D eigenvalue weighted by atomic mass is 16.7. The number of carbonyl (C=O) groups is 2. The second-order valence-corrected chi connectivity index (χ2v) is 17.8. The monoisotopic (exact) mass is 864 g/mol. The number of aromatic nitrogens is 4. The van der Waals surface area contributed by atoms with Crippen LogP contribution in [0.4, 0.5) is 0 Å². The molecule has 4 heterocycles. The van der Waals surface area contributed by atoms with Crippen molar-refractivity contribution >= 4 is 22.7 Å². The predicted molar refractivity (Wildman–Crippen MR) is 240 cm³/mol. The van der Waals surface area contributed by atoms with Crippen LogP contribution < -0.4 is 0 Å². The summed E-state index contributed by atoms with van der Waals surface area (Å²) in [5, 5.41) is 44.3. The highest BCUT2D eigenvalue weighted by Gasteiger charge is 2.47. The Bertz CT molecular complexity index is 1950. The zero-order chi connectivity index (χ0) is 44.5. The smallest absolute Gasteiger partial charge is 0.308 e. The number of hydrogen-bond acceptors (Lipinski definition) is 14. The number of rotatable bonds is 12. The Hall–Kier alpha value is -3.93. The molecule has 0 amide bonds. The Balaban J connectivity index is 0.00000845. The van der Waals surface area contributed by atoms with Crippen molar-refractivity contribution in [3.8, 4) is 5.69 Å². The summed E-state index contributed by atoms with van der Waals surface area (Å²) in [6, 6.07) is 9.22. The lowest BCUT2D eigenvalue weighted by Crippen LogP contribution is -2.63. The van der Waals surface area contributed by atoms with Crippen LogP contribution in [0.3, 0.4) is 0 Å². The van der Waals surface area contributed by atoms with Gasteiger partial charge in [0.1, 0.15) is 12.2 Å². The second-order valence-electron chi connectivity index (χ2n) is 17.8. The van der Waals surface area contributed by atoms with E-state index in [1.807, 2.05) is 96.3 Å². The summed E-state index contributed by atoms with van der Waals surface area (Å²) in [4.78, 5) is 38.0. The van der Waals surface area contributed by atoms with E-state index < -0.39 is 66.8 Å². The number of esters is 1. The van der Waals surface area contributed by atoms with Gasteiger partial charge in [0.25, 0.3) is 0 Å². The molecule has 3 aromatic rings. The number of cyclic esters (lactones) is 1. The number of fused-ring (bicyclic) bond motifs is 1. The molecule has 0 saturated carbocycles. The number of carbonyl (C=O) groups excluding carboxylic acids is 2. The number of hydrogen-bond donors (Lipinski definition) is 3. The van der Waals surface area contributed by atoms with Crippen molar-refractivity contribution in [3.05, 3.63) is 72.2 Å². The summed E-state index contributed by atoms with van der Waals surface area (Å²) >= 11 is 0. The third-order valence-corrected chi connectivity index (χ3v) is 12.2. The van der Waals surface area contributed by atoms with Gasteiger partial charge in [0, 0.05) is 36.2 Å². The third-order valence-electron chi connectivity index (χ3n) is 12.2. The minimum Gasteiger partial charge on any atom is -0.462 e. The molecule has 0 radical (unpaired) electrons. The number of para-hydroxylation sites is 1. The Kier molecular flexibility index (Phi) is 18.9. The molecule has 2 aromatic heterocycles. The fourth-order valence-corrected chi connectivity index (χ4v) is 8.70. The molecule has 2 aliphatic rings. The van der Waals surface area contributed by atoms with E-state index in [-0.39, 0.29) is 31.5 Å². The SMILES string of the molecule is C.CC[C@H]1OC(=O)C[C@@H](O)[C@H](C)[C@@H](O[C@@H]2O[C@H](C)[C@@H](O)C(N(C)C)C2O)[C@@H](CCN(C)Cc2cn(-c3cnc4ccccc4c3)nn2)C[C@@H](C)C(=O)/C=C/C(C)=C/[C@@H]1CN(C)C. The van der Waals surface area contributed by atoms with Crippen molar-refractivity contribution in [3.63, 3.8) is 0 Å². The maximum absolute atomic E-state index is 13.9. The molecule has 1 fully saturated rings. The average Bonchev–Trinajstić information content (AvgIpc) is 3.68. The molecule has 15 heteroatoms. The fraction of sp³-hybridized carbons (Fsp3) is 0.638. The van der Waals surface area contributed by atoms with Gasteiger partial charge in [-0.15, -0.1) is 5.10 Å². The van der Waals surface area contributed by atoms with Gasteiger partial charge in [-0.3, -0.25) is 14.6 Å². The van der Waals surface area contributed by atoms with Crippen LogP contribution in [0.1, 0.15) is 73.4 Å². The molecule has 1 saturated heterocycles. The van der Waals surface area contributed by atoms with Gasteiger partial charge in [-0.1, -0.05) is 69.3 Å². The maximum atomic E-state index is 13.9. The molecular weight excluding hydrogens is 791 g/mol. The Labute approximate surface area is 368 Å². The van der Waals surface area contributed by atoms with Crippen LogP contribution in [0.25, 0.3) is 16.6 Å². The molecule has 2 aliphatic heterocycles. The van der Waals surface area contributed by atoms with Crippen LogP contribution in [-0.2, 0) is 30.3 Å². The van der Waals surface area contributed by atoms with Gasteiger partial charge >= 0.3 is 5.97 Å². The van der Waals surface area contributed by atoms with Crippen molar-refractivity contribution in [1.29, 1.82) is 0 Å². The first-order valence-corrected chi connectivity index (χ1v) is 21.7. The van der Waals surface area contributed by atoms with E-state index in [0.29, 0.717) is 38.9 Å². The van der Waals surface area contributed by atoms with Crippen LogP contribution >= 0.6 is 0 Å². The number of pyridine rings is 1. The molecule has 1 aromatic carbocycles. The van der Waals surface area contributed by atoms with Gasteiger partial charge in [-0.2, -0.15) is 0 Å². The highest BCUT2D eigenvalue weighted by Crippen LogP contribution is 2.35. The number of benzene rings is 1. The van der Waals surface area contributed by atoms with Crippen molar-refractivity contribution < 1.29 is 39.1 Å². The molecular formula is C47H73N7O8. The zero-order valence-corrected chi connectivity index (χ0v) is 37.7. The maximum Gasteiger partial charge on any atom is 0.308 e. The fourth-order valence-electron chi connectivity index (χ4n) is 8.70. The van der Waals surface area contributed by atoms with E-state index in [4.69, 9.17) is 14.2 Å². The molecule has 3 N–H and O–H groups in total. The largest absolute Gasteiger partial charge is 0.462 e. The van der Waals surface area contributed by atoms with E-state index >= 15 is 0 Å². The van der Waals surface area contributed by atoms with Crippen molar-refractivity contribution in [2.45, 2.75) is 123 Å². The zero-order valence-electron chi connectivity index (χ0n) is 37.7. The van der Waals surface area contributed by atoms with Gasteiger partial charge in [0.05, 0.1) is 66.2 Å². The van der Waals surface area contributed by atoms with Crippen LogP contribution in [0.2, 0.25) is 0 Å². The molecule has 344 valence electrons. The molecule has 0 spiro atoms. The quantitative estimate of drug-likeness (QED) is 0.214. The summed E-state index contributed by atoms with van der Waals surface area (Å²) in [5.41, 5.74) is 3.32. The summed E-state index contributed by atoms with van der Waals surface area (Å²) in [5.74, 6) is -2.17. The standard InChI is InChI=1S/C46H69N7O8.CH4/c1-11-40-34(25-50(6)7)20-28(2)16-17-38(54)29(3)21-33(18-19-52(10)26-35-27-53(49-48-35)36-22-32-14-12-13-15-37(32)47-24-36)45(30(4)39(55)23-41(56)60-40)61-46-44(58)42(51(8)9)43(57)31(5)59-46;/h12-17,20,22,24,27,29-31,33-34,39-40,42-46,55,57-58H,11,18-19,21,23,25-26H2,1-10H3;1H4/b17-16+,28-20+;/t29-,30+,31-,33+,34-,39-,40-,42?,43-,44?,45-,46+;/m1./s1. The van der Waals surface area contributed by atoms with Crippen LogP contribution in [0.15, 0.2) is 66.5 Å². The lowest BCUT2D eigenvalue weighted by molar-refractivity contribution is -0.304. The average molecular weight is 864 g/mol. The molecule has 12 atom stereocenters. The highest BCUT2D eigenvalue weighted by molar-refractivity contribution is 5.91. The van der Waals surface area contributed by atoms with Crippen molar-refractivity contribution in [2.24, 2.45) is 23.7 Å². The topological polar surface area (TPSA) is 176 Å². The Morgan fingerprint density at radius 3 is 2.42 bits per heavy atom. The van der Waals surface area contributed by atoms with E-state index in [2.05, 4.69) is 26.3 Å². The number of allylic oxidation sites excluding steroid dienone is 3. The second kappa shape index (κ2) is 23.1. The molecule has 0 aliphatic carbocycles. The lowest BCUT2D eigenvalue weighted by atomic mass is 9.79. The van der Waals surface area contributed by atoms with Crippen LogP contribution in [0.5, 0.6) is 0 Å². The van der Waals surface area contributed by atoms with Gasteiger partial charge < -0.3 is 44.2 Å². The normalized spacial score (nSPS) is 32.1. The number of ether oxygens (including phenoxy) is 3. The van der Waals surface area contributed by atoms with Gasteiger partial charge in [0.15, 0.2) is 12.1 Å². The lowest BCUT2D eigenvalue weighted by Gasteiger charge is -2.46. The van der Waals surface area contributed by atoms with Gasteiger partial charge in [-0.25, -0.2) is 4.68 Å². The molecule has 15 nitrogen and oxygen atoms in total. The van der Waals surface area contributed by atoms with Gasteiger partial charge in [-0.05, 0) is 99.0 Å². The van der Waals surface area contributed by atoms with E-state index in [9.17, 15) is 24.9 Å². The molecule has 2 unspecified atom stereocenters. The Morgan fingerprint density at radius 2 is 1.73 bits per heavy atom. The summed E-state index contributed by atoms with van der Waals surface area (Å²) in [6.45, 7) is 11.0. The number of aliphatic hydroxyl groups is 3. The first-order valence-electron chi connectivity index (χ1n) is 21.7. The first kappa shape index (κ1) is 50.7. The van der Waals surface area contributed by atoms with E-state index in [1.165, 1.54) is 0 Å². The van der Waals surface area contributed by atoms with Gasteiger partial charge in [0.2, 0.25) is 0 Å². The number of likely N-dealkylation sites (N-methyl/N-ethyl adjacent to an activating group) is 1. The molecule has 62 heavy (non-hydrogen) atoms.